The van der Waals surface area contributed by atoms with Gasteiger partial charge in [-0.05, 0) is 26.2 Å². The summed E-state index contributed by atoms with van der Waals surface area (Å²) in [6, 6.07) is -4.02. The third kappa shape index (κ3) is 8.80. The van der Waals surface area contributed by atoms with E-state index in [2.05, 4.69) is 16.0 Å². The highest BCUT2D eigenvalue weighted by Gasteiger charge is 2.32. The molecular formula is C16H30N4O7. The predicted molar refractivity (Wildman–Crippen MR) is 95.3 cm³/mol. The number of nitrogens with one attached hydrogen (secondary N) is 3. The van der Waals surface area contributed by atoms with Gasteiger partial charge in [0.05, 0.1) is 18.8 Å². The Hall–Kier alpha value is -2.24. The first kappa shape index (κ1) is 24.8. The highest BCUT2D eigenvalue weighted by Crippen LogP contribution is 2.07. The summed E-state index contributed by atoms with van der Waals surface area (Å²) in [5.41, 5.74) is 5.18. The summed E-state index contributed by atoms with van der Waals surface area (Å²) in [5.74, 6) is -3.76. The van der Waals surface area contributed by atoms with Crippen LogP contribution in [0.25, 0.3) is 0 Å². The molecule has 8 N–H and O–H groups in total. The van der Waals surface area contributed by atoms with E-state index in [1.807, 2.05) is 0 Å². The molecule has 0 fully saturated rings. The van der Waals surface area contributed by atoms with E-state index in [1.165, 1.54) is 13.8 Å². The van der Waals surface area contributed by atoms with Crippen molar-refractivity contribution in [1.82, 2.24) is 16.0 Å². The van der Waals surface area contributed by atoms with E-state index >= 15 is 0 Å². The Balaban J connectivity index is 5.32. The van der Waals surface area contributed by atoms with E-state index < -0.39 is 54.0 Å². The zero-order valence-corrected chi connectivity index (χ0v) is 15.9. The van der Waals surface area contributed by atoms with Crippen molar-refractivity contribution in [2.24, 2.45) is 11.7 Å². The molecule has 5 unspecified atom stereocenters. The van der Waals surface area contributed by atoms with Crippen molar-refractivity contribution in [3.63, 3.8) is 0 Å². The molecule has 0 spiro atoms. The second-order valence-corrected chi connectivity index (χ2v) is 6.75. The van der Waals surface area contributed by atoms with Gasteiger partial charge in [-0.2, -0.15) is 0 Å². The Morgan fingerprint density at radius 3 is 1.74 bits per heavy atom. The molecule has 0 aromatic rings. The fourth-order valence-corrected chi connectivity index (χ4v) is 2.24. The van der Waals surface area contributed by atoms with Crippen LogP contribution in [-0.2, 0) is 19.2 Å². The summed E-state index contributed by atoms with van der Waals surface area (Å²) in [6.45, 7) is 5.69. The molecule has 156 valence electrons. The minimum atomic E-state index is -1.55. The number of amides is 3. The van der Waals surface area contributed by atoms with E-state index in [0.29, 0.717) is 0 Å². The predicted octanol–water partition coefficient (Wildman–Crippen LogP) is -2.71. The molecule has 0 aliphatic carbocycles. The molecule has 0 aromatic carbocycles. The van der Waals surface area contributed by atoms with Gasteiger partial charge in [-0.1, -0.05) is 13.8 Å². The quantitative estimate of drug-likeness (QED) is 0.198. The molecule has 0 saturated carbocycles. The number of carboxylic acid groups (broad SMARTS) is 1. The van der Waals surface area contributed by atoms with Gasteiger partial charge >= 0.3 is 5.97 Å². The van der Waals surface area contributed by atoms with Crippen LogP contribution in [0.5, 0.6) is 0 Å². The Morgan fingerprint density at radius 2 is 1.37 bits per heavy atom. The van der Waals surface area contributed by atoms with Crippen molar-refractivity contribution in [1.29, 1.82) is 0 Å². The van der Waals surface area contributed by atoms with E-state index in [1.54, 1.807) is 13.8 Å². The number of carboxylic acids is 1. The van der Waals surface area contributed by atoms with Crippen LogP contribution in [0.4, 0.5) is 0 Å². The molecule has 0 saturated heterocycles. The number of aliphatic hydroxyl groups is 2. The number of carbonyl (C=O) groups is 4. The summed E-state index contributed by atoms with van der Waals surface area (Å²) in [4.78, 5) is 47.4. The van der Waals surface area contributed by atoms with Gasteiger partial charge in [0.15, 0.2) is 6.04 Å². The number of carbonyl (C=O) groups excluding carboxylic acids is 3. The highest BCUT2D eigenvalue weighted by molar-refractivity contribution is 5.93. The molecule has 0 aromatic heterocycles. The smallest absolute Gasteiger partial charge is 0.328 e. The first-order chi connectivity index (χ1) is 12.4. The van der Waals surface area contributed by atoms with E-state index in [9.17, 15) is 29.4 Å². The Morgan fingerprint density at radius 1 is 0.852 bits per heavy atom. The van der Waals surface area contributed by atoms with Gasteiger partial charge in [0, 0.05) is 0 Å². The molecular weight excluding hydrogens is 360 g/mol. The van der Waals surface area contributed by atoms with Gasteiger partial charge < -0.3 is 37.0 Å². The topological polar surface area (TPSA) is 191 Å². The lowest BCUT2D eigenvalue weighted by Crippen LogP contribution is -2.59. The molecule has 0 radical (unpaired) electrons. The van der Waals surface area contributed by atoms with Crippen molar-refractivity contribution >= 4 is 23.7 Å². The van der Waals surface area contributed by atoms with Crippen LogP contribution in [0.15, 0.2) is 0 Å². The van der Waals surface area contributed by atoms with Gasteiger partial charge in [-0.3, -0.25) is 14.4 Å². The third-order valence-electron chi connectivity index (χ3n) is 3.65. The number of hydrogen-bond acceptors (Lipinski definition) is 7. The Labute approximate surface area is 157 Å². The Bertz CT molecular complexity index is 537. The van der Waals surface area contributed by atoms with Crippen molar-refractivity contribution < 1.29 is 34.5 Å². The van der Waals surface area contributed by atoms with Gasteiger partial charge in [0.25, 0.3) is 0 Å². The molecule has 11 nitrogen and oxygen atoms in total. The van der Waals surface area contributed by atoms with Gasteiger partial charge in [-0.15, -0.1) is 0 Å². The number of rotatable bonds is 11. The molecule has 3 amide bonds. The average Bonchev–Trinajstić information content (AvgIpc) is 2.54. The van der Waals surface area contributed by atoms with Crippen LogP contribution in [0.2, 0.25) is 0 Å². The van der Waals surface area contributed by atoms with Crippen molar-refractivity contribution in [3.8, 4) is 0 Å². The molecule has 11 heteroatoms. The number of hydrogen-bond donors (Lipinski definition) is 7. The standard InChI is InChI=1S/C16H30N4O7/c1-7(2)5-10(14(24)20-13(9(4)22)16(26)27)18-15(25)12(8(3)21)19-11(23)6-17/h7-10,12-13,21-22H,5-6,17H2,1-4H3,(H,18,25)(H,19,23)(H,20,24)(H,26,27). The SMILES string of the molecule is CC(C)CC(NC(=O)C(NC(=O)CN)C(C)O)C(=O)NC(C(=O)O)C(C)O. The fraction of sp³-hybridized carbons (Fsp3) is 0.750. The fourth-order valence-electron chi connectivity index (χ4n) is 2.24. The molecule has 0 aliphatic rings. The van der Waals surface area contributed by atoms with Crippen LogP contribution in [0.3, 0.4) is 0 Å². The minimum Gasteiger partial charge on any atom is -0.480 e. The normalized spacial score (nSPS) is 16.6. The first-order valence-corrected chi connectivity index (χ1v) is 8.59. The number of aliphatic carboxylic acids is 1. The molecule has 5 atom stereocenters. The van der Waals surface area contributed by atoms with Crippen LogP contribution in [-0.4, -0.2) is 75.9 Å². The zero-order chi connectivity index (χ0) is 21.3. The van der Waals surface area contributed by atoms with Crippen molar-refractivity contribution in [3.05, 3.63) is 0 Å². The largest absolute Gasteiger partial charge is 0.480 e. The summed E-state index contributed by atoms with van der Waals surface area (Å²) >= 11 is 0. The molecule has 0 rings (SSSR count). The summed E-state index contributed by atoms with van der Waals surface area (Å²) in [5, 5.41) is 35.1. The van der Waals surface area contributed by atoms with E-state index in [-0.39, 0.29) is 18.9 Å². The number of nitrogens with two attached hydrogens (primary N) is 1. The monoisotopic (exact) mass is 390 g/mol. The summed E-state index contributed by atoms with van der Waals surface area (Å²) in [7, 11) is 0. The second kappa shape index (κ2) is 11.5. The molecule has 0 heterocycles. The lowest BCUT2D eigenvalue weighted by atomic mass is 10.0. The van der Waals surface area contributed by atoms with E-state index in [4.69, 9.17) is 10.8 Å². The van der Waals surface area contributed by atoms with Gasteiger partial charge in [0.1, 0.15) is 12.1 Å². The van der Waals surface area contributed by atoms with E-state index in [0.717, 1.165) is 0 Å². The average molecular weight is 390 g/mol. The summed E-state index contributed by atoms with van der Waals surface area (Å²) in [6.07, 6.45) is -2.44. The minimum absolute atomic E-state index is 0.0421. The van der Waals surface area contributed by atoms with Crippen LogP contribution in [0, 0.1) is 5.92 Å². The first-order valence-electron chi connectivity index (χ1n) is 8.59. The van der Waals surface area contributed by atoms with Crippen molar-refractivity contribution in [2.45, 2.75) is 64.4 Å². The third-order valence-corrected chi connectivity index (χ3v) is 3.65. The number of aliphatic hydroxyl groups excluding tert-OH is 2. The van der Waals surface area contributed by atoms with Crippen LogP contribution < -0.4 is 21.7 Å². The second-order valence-electron chi connectivity index (χ2n) is 6.75. The van der Waals surface area contributed by atoms with Crippen molar-refractivity contribution in [2.75, 3.05) is 6.54 Å². The lowest BCUT2D eigenvalue weighted by molar-refractivity contribution is -0.145. The summed E-state index contributed by atoms with van der Waals surface area (Å²) < 4.78 is 0. The highest BCUT2D eigenvalue weighted by atomic mass is 16.4. The molecule has 27 heavy (non-hydrogen) atoms. The lowest BCUT2D eigenvalue weighted by Gasteiger charge is -2.27. The maximum absolute atomic E-state index is 12.4. The molecule has 0 bridgehead atoms. The maximum Gasteiger partial charge on any atom is 0.328 e. The Kier molecular flexibility index (Phi) is 10.5. The van der Waals surface area contributed by atoms with Gasteiger partial charge in [0.2, 0.25) is 17.7 Å². The maximum atomic E-state index is 12.4. The van der Waals surface area contributed by atoms with Crippen LogP contribution >= 0.6 is 0 Å². The molecule has 0 aliphatic heterocycles. The van der Waals surface area contributed by atoms with Gasteiger partial charge in [-0.25, -0.2) is 4.79 Å². The zero-order valence-electron chi connectivity index (χ0n) is 15.9. The van der Waals surface area contributed by atoms with Crippen LogP contribution in [0.1, 0.15) is 34.1 Å².